The third-order valence-electron chi connectivity index (χ3n) is 2.86. The number of hydrogen-bond donors (Lipinski definition) is 2. The van der Waals surface area contributed by atoms with Crippen LogP contribution in [0.4, 0.5) is 5.69 Å². The summed E-state index contributed by atoms with van der Waals surface area (Å²) < 4.78 is 5.18. The van der Waals surface area contributed by atoms with Crippen molar-refractivity contribution < 1.29 is 9.21 Å². The molecule has 0 radical (unpaired) electrons. The van der Waals surface area contributed by atoms with E-state index < -0.39 is 0 Å². The molecule has 0 saturated carbocycles. The molecule has 100 valence electrons. The molecular weight excluding hydrogens is 240 g/mol. The number of amides is 1. The molecule has 0 aliphatic heterocycles. The highest BCUT2D eigenvalue weighted by Gasteiger charge is 2.09. The van der Waals surface area contributed by atoms with E-state index in [-0.39, 0.29) is 5.91 Å². The molecule has 0 atom stereocenters. The van der Waals surface area contributed by atoms with Crippen molar-refractivity contribution in [2.75, 3.05) is 11.9 Å². The number of nitrogens with one attached hydrogen (secondary N) is 2. The van der Waals surface area contributed by atoms with E-state index in [2.05, 4.69) is 10.6 Å². The summed E-state index contributed by atoms with van der Waals surface area (Å²) >= 11 is 0. The van der Waals surface area contributed by atoms with Gasteiger partial charge >= 0.3 is 0 Å². The monoisotopic (exact) mass is 258 g/mol. The van der Waals surface area contributed by atoms with Gasteiger partial charge < -0.3 is 15.1 Å². The lowest BCUT2D eigenvalue weighted by atomic mass is 10.1. The molecule has 2 aromatic rings. The second-order valence-electron chi connectivity index (χ2n) is 4.32. The van der Waals surface area contributed by atoms with Crippen LogP contribution in [0.5, 0.6) is 0 Å². The Kier molecular flexibility index (Phi) is 4.23. The molecule has 1 heterocycles. The summed E-state index contributed by atoms with van der Waals surface area (Å²) in [4.78, 5) is 12.1. The van der Waals surface area contributed by atoms with Gasteiger partial charge in [-0.05, 0) is 49.7 Å². The molecule has 1 aromatic carbocycles. The van der Waals surface area contributed by atoms with Gasteiger partial charge in [0, 0.05) is 17.8 Å². The van der Waals surface area contributed by atoms with Crippen molar-refractivity contribution in [2.24, 2.45) is 0 Å². The lowest BCUT2D eigenvalue weighted by molar-refractivity contribution is 0.0947. The Bertz CT molecular complexity index is 547. The molecule has 0 saturated heterocycles. The van der Waals surface area contributed by atoms with Gasteiger partial charge in [0.05, 0.1) is 12.8 Å². The second kappa shape index (κ2) is 6.09. The average molecular weight is 258 g/mol. The Morgan fingerprint density at radius 3 is 2.79 bits per heavy atom. The van der Waals surface area contributed by atoms with Gasteiger partial charge in [-0.2, -0.15) is 0 Å². The SMILES string of the molecule is CCNc1ccc(C(=O)NCc2ccco2)c(C)c1. The van der Waals surface area contributed by atoms with Crippen LogP contribution in [0.1, 0.15) is 28.6 Å². The highest BCUT2D eigenvalue weighted by Crippen LogP contribution is 2.15. The number of hydrogen-bond acceptors (Lipinski definition) is 3. The van der Waals surface area contributed by atoms with Crippen LogP contribution >= 0.6 is 0 Å². The average Bonchev–Trinajstić information content (AvgIpc) is 2.89. The molecule has 0 aliphatic carbocycles. The van der Waals surface area contributed by atoms with Gasteiger partial charge in [0.1, 0.15) is 5.76 Å². The molecular formula is C15H18N2O2. The zero-order valence-electron chi connectivity index (χ0n) is 11.2. The summed E-state index contributed by atoms with van der Waals surface area (Å²) in [5.74, 6) is 0.659. The van der Waals surface area contributed by atoms with Gasteiger partial charge in [-0.3, -0.25) is 4.79 Å². The predicted molar refractivity (Wildman–Crippen MR) is 75.2 cm³/mol. The van der Waals surface area contributed by atoms with Gasteiger partial charge in [0.2, 0.25) is 0 Å². The van der Waals surface area contributed by atoms with Gasteiger partial charge in [-0.15, -0.1) is 0 Å². The highest BCUT2D eigenvalue weighted by atomic mass is 16.3. The van der Waals surface area contributed by atoms with Crippen LogP contribution in [0.2, 0.25) is 0 Å². The van der Waals surface area contributed by atoms with Gasteiger partial charge in [-0.25, -0.2) is 0 Å². The van der Waals surface area contributed by atoms with Crippen LogP contribution < -0.4 is 10.6 Å². The van der Waals surface area contributed by atoms with Crippen LogP contribution in [0.15, 0.2) is 41.0 Å². The maximum Gasteiger partial charge on any atom is 0.251 e. The number of furan rings is 1. The third kappa shape index (κ3) is 3.37. The third-order valence-corrected chi connectivity index (χ3v) is 2.86. The summed E-state index contributed by atoms with van der Waals surface area (Å²) in [6, 6.07) is 9.37. The molecule has 2 N–H and O–H groups in total. The minimum atomic E-state index is -0.0862. The normalized spacial score (nSPS) is 10.2. The molecule has 2 rings (SSSR count). The van der Waals surface area contributed by atoms with Crippen molar-refractivity contribution in [1.82, 2.24) is 5.32 Å². The Morgan fingerprint density at radius 2 is 2.16 bits per heavy atom. The van der Waals surface area contributed by atoms with E-state index in [4.69, 9.17) is 4.42 Å². The zero-order valence-corrected chi connectivity index (χ0v) is 11.2. The van der Waals surface area contributed by atoms with Crippen molar-refractivity contribution >= 4 is 11.6 Å². The molecule has 0 fully saturated rings. The quantitative estimate of drug-likeness (QED) is 0.867. The van der Waals surface area contributed by atoms with Crippen LogP contribution in [0.25, 0.3) is 0 Å². The number of carbonyl (C=O) groups is 1. The van der Waals surface area contributed by atoms with Crippen LogP contribution in [0, 0.1) is 6.92 Å². The fourth-order valence-electron chi connectivity index (χ4n) is 1.91. The Hall–Kier alpha value is -2.23. The minimum Gasteiger partial charge on any atom is -0.467 e. The number of carbonyl (C=O) groups excluding carboxylic acids is 1. The Morgan fingerprint density at radius 1 is 1.32 bits per heavy atom. The van der Waals surface area contributed by atoms with Crippen LogP contribution in [-0.2, 0) is 6.54 Å². The molecule has 0 bridgehead atoms. The topological polar surface area (TPSA) is 54.3 Å². The molecule has 19 heavy (non-hydrogen) atoms. The largest absolute Gasteiger partial charge is 0.467 e. The second-order valence-corrected chi connectivity index (χ2v) is 4.32. The summed E-state index contributed by atoms with van der Waals surface area (Å²) in [7, 11) is 0. The van der Waals surface area contributed by atoms with E-state index in [9.17, 15) is 4.79 Å². The first-order valence-electron chi connectivity index (χ1n) is 6.36. The van der Waals surface area contributed by atoms with E-state index in [1.807, 2.05) is 38.1 Å². The summed E-state index contributed by atoms with van der Waals surface area (Å²) in [5, 5.41) is 6.06. The summed E-state index contributed by atoms with van der Waals surface area (Å²) in [6.45, 7) is 5.24. The molecule has 1 amide bonds. The fourth-order valence-corrected chi connectivity index (χ4v) is 1.91. The minimum absolute atomic E-state index is 0.0862. The Balaban J connectivity index is 2.02. The van der Waals surface area contributed by atoms with E-state index >= 15 is 0 Å². The Labute approximate surface area is 112 Å². The van der Waals surface area contributed by atoms with Crippen molar-refractivity contribution in [3.8, 4) is 0 Å². The number of benzene rings is 1. The zero-order chi connectivity index (χ0) is 13.7. The lowest BCUT2D eigenvalue weighted by Crippen LogP contribution is -2.23. The lowest BCUT2D eigenvalue weighted by Gasteiger charge is -2.09. The van der Waals surface area contributed by atoms with Crippen molar-refractivity contribution in [1.29, 1.82) is 0 Å². The number of anilines is 1. The first kappa shape index (κ1) is 13.2. The number of aryl methyl sites for hydroxylation is 1. The first-order valence-corrected chi connectivity index (χ1v) is 6.36. The van der Waals surface area contributed by atoms with Gasteiger partial charge in [0.25, 0.3) is 5.91 Å². The predicted octanol–water partition coefficient (Wildman–Crippen LogP) is 2.95. The molecule has 0 aliphatic rings. The van der Waals surface area contributed by atoms with Crippen molar-refractivity contribution in [3.63, 3.8) is 0 Å². The summed E-state index contributed by atoms with van der Waals surface area (Å²) in [5.41, 5.74) is 2.67. The first-order chi connectivity index (χ1) is 9.20. The number of rotatable bonds is 5. The van der Waals surface area contributed by atoms with Gasteiger partial charge in [0.15, 0.2) is 0 Å². The standard InChI is InChI=1S/C15H18N2O2/c1-3-16-12-6-7-14(11(2)9-12)15(18)17-10-13-5-4-8-19-13/h4-9,16H,3,10H2,1-2H3,(H,17,18). The van der Waals surface area contributed by atoms with Crippen molar-refractivity contribution in [2.45, 2.75) is 20.4 Å². The molecule has 4 nitrogen and oxygen atoms in total. The highest BCUT2D eigenvalue weighted by molar-refractivity contribution is 5.96. The van der Waals surface area contributed by atoms with E-state index in [1.165, 1.54) is 0 Å². The molecule has 1 aromatic heterocycles. The molecule has 0 unspecified atom stereocenters. The van der Waals surface area contributed by atoms with E-state index in [0.29, 0.717) is 12.1 Å². The molecule has 4 heteroatoms. The van der Waals surface area contributed by atoms with Crippen LogP contribution in [-0.4, -0.2) is 12.5 Å². The summed E-state index contributed by atoms with van der Waals surface area (Å²) in [6.07, 6.45) is 1.60. The fraction of sp³-hybridized carbons (Fsp3) is 0.267. The van der Waals surface area contributed by atoms with E-state index in [0.717, 1.165) is 23.6 Å². The smallest absolute Gasteiger partial charge is 0.251 e. The van der Waals surface area contributed by atoms with Crippen molar-refractivity contribution in [3.05, 3.63) is 53.5 Å². The van der Waals surface area contributed by atoms with Gasteiger partial charge in [-0.1, -0.05) is 0 Å². The van der Waals surface area contributed by atoms with Crippen LogP contribution in [0.3, 0.4) is 0 Å². The maximum absolute atomic E-state index is 12.1. The molecule has 0 spiro atoms. The van der Waals surface area contributed by atoms with E-state index in [1.54, 1.807) is 12.3 Å². The maximum atomic E-state index is 12.1.